The van der Waals surface area contributed by atoms with Crippen LogP contribution in [0.1, 0.15) is 26.2 Å². The van der Waals surface area contributed by atoms with Crippen LogP contribution in [0.25, 0.3) is 0 Å². The zero-order chi connectivity index (χ0) is 23.7. The van der Waals surface area contributed by atoms with Gasteiger partial charge in [0.1, 0.15) is 0 Å². The van der Waals surface area contributed by atoms with E-state index < -0.39 is 67.6 Å². The van der Waals surface area contributed by atoms with E-state index in [0.717, 1.165) is 0 Å². The number of carbonyl (C=O) groups excluding carboxylic acids is 1. The van der Waals surface area contributed by atoms with Gasteiger partial charge < -0.3 is 4.74 Å². The van der Waals surface area contributed by atoms with Gasteiger partial charge in [0.15, 0.2) is 0 Å². The van der Waals surface area contributed by atoms with Gasteiger partial charge in [0.25, 0.3) is 0 Å². The van der Waals surface area contributed by atoms with Gasteiger partial charge in [0, 0.05) is 12.0 Å². The Bertz CT molecular complexity index is 590. The van der Waals surface area contributed by atoms with Gasteiger partial charge in [-0.1, -0.05) is 6.58 Å². The van der Waals surface area contributed by atoms with Crippen LogP contribution in [0.5, 0.6) is 0 Å². The average Bonchev–Trinajstić information content (AvgIpc) is 2.50. The van der Waals surface area contributed by atoms with E-state index in [0.29, 0.717) is 0 Å². The first kappa shape index (κ1) is 27.3. The second-order valence-corrected chi connectivity index (χ2v) is 5.88. The smallest absolute Gasteiger partial charge is 0.438 e. The highest BCUT2D eigenvalue weighted by molar-refractivity contribution is 5.86. The van der Waals surface area contributed by atoms with E-state index in [1.807, 2.05) is 0 Å². The molecule has 0 heterocycles. The Balaban J connectivity index is 5.59. The molecular weight excluding hydrogens is 447 g/mol. The quantitative estimate of drug-likeness (QED) is 0.182. The van der Waals surface area contributed by atoms with Crippen molar-refractivity contribution in [2.45, 2.75) is 62.0 Å². The molecule has 0 unspecified atom stereocenters. The molecular formula is C14H13F13O2. The lowest BCUT2D eigenvalue weighted by Crippen LogP contribution is -2.73. The summed E-state index contributed by atoms with van der Waals surface area (Å²) in [4.78, 5) is 10.9. The zero-order valence-corrected chi connectivity index (χ0v) is 14.3. The average molecular weight is 460 g/mol. The summed E-state index contributed by atoms with van der Waals surface area (Å²) in [6.45, 7) is 3.57. The normalized spacial score (nSPS) is 14.7. The van der Waals surface area contributed by atoms with Gasteiger partial charge >= 0.3 is 41.8 Å². The van der Waals surface area contributed by atoms with Crippen molar-refractivity contribution in [3.05, 3.63) is 12.2 Å². The van der Waals surface area contributed by atoms with E-state index in [1.165, 1.54) is 6.92 Å². The molecule has 0 aromatic heterocycles. The maximum atomic E-state index is 13.5. The number of ether oxygens (including phenoxy) is 1. The van der Waals surface area contributed by atoms with E-state index >= 15 is 0 Å². The van der Waals surface area contributed by atoms with Crippen molar-refractivity contribution in [3.8, 4) is 0 Å². The van der Waals surface area contributed by atoms with Crippen LogP contribution in [0.2, 0.25) is 0 Å². The molecule has 0 atom stereocenters. The number of hydrogen-bond donors (Lipinski definition) is 0. The van der Waals surface area contributed by atoms with Crippen molar-refractivity contribution in [1.29, 1.82) is 0 Å². The third-order valence-electron chi connectivity index (χ3n) is 3.53. The van der Waals surface area contributed by atoms with Crippen molar-refractivity contribution in [3.63, 3.8) is 0 Å². The Morgan fingerprint density at radius 1 is 0.759 bits per heavy atom. The molecule has 15 heteroatoms. The fraction of sp³-hybridized carbons (Fsp3) is 0.786. The summed E-state index contributed by atoms with van der Waals surface area (Å²) in [5.74, 6) is -22.5. The molecule has 0 bridgehead atoms. The first-order valence-electron chi connectivity index (χ1n) is 7.36. The Morgan fingerprint density at radius 2 is 1.17 bits per heavy atom. The fourth-order valence-electron chi connectivity index (χ4n) is 1.86. The van der Waals surface area contributed by atoms with E-state index in [4.69, 9.17) is 0 Å². The number of halogens is 13. The number of unbranched alkanes of at least 4 members (excludes halogenated alkanes) is 1. The Morgan fingerprint density at radius 3 is 1.52 bits per heavy atom. The molecule has 0 aromatic carbocycles. The van der Waals surface area contributed by atoms with Crippen LogP contribution >= 0.6 is 0 Å². The third-order valence-corrected chi connectivity index (χ3v) is 3.53. The highest BCUT2D eigenvalue weighted by Crippen LogP contribution is 2.62. The zero-order valence-electron chi connectivity index (χ0n) is 14.3. The number of alkyl halides is 13. The lowest BCUT2D eigenvalue weighted by atomic mass is 9.86. The molecule has 0 saturated heterocycles. The topological polar surface area (TPSA) is 26.3 Å². The van der Waals surface area contributed by atoms with Crippen LogP contribution in [-0.2, 0) is 9.53 Å². The predicted molar refractivity (Wildman–Crippen MR) is 70.4 cm³/mol. The van der Waals surface area contributed by atoms with Gasteiger partial charge in [-0.25, -0.2) is 9.18 Å². The molecule has 0 aromatic rings. The molecule has 0 aliphatic heterocycles. The van der Waals surface area contributed by atoms with Crippen LogP contribution in [0.4, 0.5) is 57.1 Å². The van der Waals surface area contributed by atoms with Gasteiger partial charge in [0.05, 0.1) is 6.61 Å². The molecule has 0 aliphatic rings. The summed E-state index contributed by atoms with van der Waals surface area (Å²) in [6, 6.07) is 0. The van der Waals surface area contributed by atoms with E-state index in [2.05, 4.69) is 11.3 Å². The van der Waals surface area contributed by atoms with Crippen LogP contribution in [0.3, 0.4) is 0 Å². The van der Waals surface area contributed by atoms with Crippen molar-refractivity contribution >= 4 is 5.97 Å². The van der Waals surface area contributed by atoms with Gasteiger partial charge in [-0.15, -0.1) is 0 Å². The standard InChI is InChI=1S/C14H13F13O2/c1-7(2)8(28)29-6-4-3-5-9(15,16)11(18,19)12(20,21)10(17,13(22,23)24)14(25,26)27/h1,3-6H2,2H3. The molecule has 0 fully saturated rings. The molecule has 0 saturated carbocycles. The van der Waals surface area contributed by atoms with Gasteiger partial charge in [-0.05, 0) is 19.8 Å². The molecule has 0 aliphatic carbocycles. The number of rotatable bonds is 9. The number of esters is 1. The fourth-order valence-corrected chi connectivity index (χ4v) is 1.86. The molecule has 0 amide bonds. The predicted octanol–water partition coefficient (Wildman–Crippen LogP) is 6.01. The Kier molecular flexibility index (Phi) is 7.72. The summed E-state index contributed by atoms with van der Waals surface area (Å²) in [6.07, 6.45) is -19.6. The van der Waals surface area contributed by atoms with Gasteiger partial charge in [-0.2, -0.15) is 52.7 Å². The summed E-state index contributed by atoms with van der Waals surface area (Å²) < 4.78 is 172. The van der Waals surface area contributed by atoms with Crippen molar-refractivity contribution < 1.29 is 66.6 Å². The van der Waals surface area contributed by atoms with Crippen molar-refractivity contribution in [2.75, 3.05) is 6.61 Å². The van der Waals surface area contributed by atoms with Crippen LogP contribution in [-0.4, -0.2) is 48.4 Å². The maximum absolute atomic E-state index is 13.5. The number of carbonyl (C=O) groups is 1. The molecule has 172 valence electrons. The number of hydrogen-bond acceptors (Lipinski definition) is 2. The maximum Gasteiger partial charge on any atom is 0.438 e. The first-order valence-corrected chi connectivity index (χ1v) is 7.36. The van der Waals surface area contributed by atoms with E-state index in [-0.39, 0.29) is 5.57 Å². The Hall–Kier alpha value is -1.70. The highest BCUT2D eigenvalue weighted by atomic mass is 19.4. The minimum Gasteiger partial charge on any atom is -0.462 e. The monoisotopic (exact) mass is 460 g/mol. The van der Waals surface area contributed by atoms with E-state index in [1.54, 1.807) is 0 Å². The summed E-state index contributed by atoms with van der Waals surface area (Å²) in [7, 11) is 0. The molecule has 2 nitrogen and oxygen atoms in total. The summed E-state index contributed by atoms with van der Waals surface area (Å²) in [5, 5.41) is 0. The van der Waals surface area contributed by atoms with Crippen LogP contribution in [0, 0.1) is 0 Å². The van der Waals surface area contributed by atoms with Crippen LogP contribution in [0.15, 0.2) is 12.2 Å². The first-order chi connectivity index (χ1) is 12.6. The second kappa shape index (κ2) is 8.20. The molecule has 0 N–H and O–H groups in total. The Labute approximate surface area is 154 Å². The largest absolute Gasteiger partial charge is 0.462 e. The molecule has 0 spiro atoms. The molecule has 29 heavy (non-hydrogen) atoms. The second-order valence-electron chi connectivity index (χ2n) is 5.88. The summed E-state index contributed by atoms with van der Waals surface area (Å²) in [5.41, 5.74) is -8.10. The van der Waals surface area contributed by atoms with Crippen LogP contribution < -0.4 is 0 Å². The lowest BCUT2D eigenvalue weighted by molar-refractivity contribution is -0.444. The molecule has 0 radical (unpaired) electrons. The third kappa shape index (κ3) is 4.90. The van der Waals surface area contributed by atoms with Crippen molar-refractivity contribution in [1.82, 2.24) is 0 Å². The highest BCUT2D eigenvalue weighted by Gasteiger charge is 2.93. The summed E-state index contributed by atoms with van der Waals surface area (Å²) >= 11 is 0. The van der Waals surface area contributed by atoms with Crippen molar-refractivity contribution in [2.24, 2.45) is 0 Å². The molecule has 0 rings (SSSR count). The SMILES string of the molecule is C=C(C)C(=O)OCCCCC(F)(F)C(F)(F)C(F)(F)C(F)(C(F)(F)F)C(F)(F)F. The minimum atomic E-state index is -7.95. The van der Waals surface area contributed by atoms with E-state index in [9.17, 15) is 61.9 Å². The van der Waals surface area contributed by atoms with Gasteiger partial charge in [-0.3, -0.25) is 0 Å². The van der Waals surface area contributed by atoms with Gasteiger partial charge in [0.2, 0.25) is 0 Å². The minimum absolute atomic E-state index is 0.153. The lowest BCUT2D eigenvalue weighted by Gasteiger charge is -2.41.